The molecule has 0 heterocycles. The highest BCUT2D eigenvalue weighted by Crippen LogP contribution is 2.22. The quantitative estimate of drug-likeness (QED) is 0.555. The summed E-state index contributed by atoms with van der Waals surface area (Å²) in [6, 6.07) is 5.62. The van der Waals surface area contributed by atoms with Crippen LogP contribution in [0.3, 0.4) is 0 Å². The van der Waals surface area contributed by atoms with Gasteiger partial charge in [-0.15, -0.1) is 0 Å². The molecule has 0 aliphatic rings. The molecule has 1 aromatic rings. The second-order valence-corrected chi connectivity index (χ2v) is 5.81. The van der Waals surface area contributed by atoms with Crippen LogP contribution in [-0.2, 0) is 0 Å². The van der Waals surface area contributed by atoms with E-state index in [1.165, 1.54) is 44.9 Å². The molecule has 0 aliphatic heterocycles. The highest BCUT2D eigenvalue weighted by atomic mass is 19.1. The number of rotatable bonds is 10. The first-order valence-electron chi connectivity index (χ1n) is 8.11. The summed E-state index contributed by atoms with van der Waals surface area (Å²) in [5.41, 5.74) is 2.08. The van der Waals surface area contributed by atoms with E-state index >= 15 is 0 Å². The summed E-state index contributed by atoms with van der Waals surface area (Å²) in [7, 11) is 1.96. The smallest absolute Gasteiger partial charge is 0.123 e. The fourth-order valence-corrected chi connectivity index (χ4v) is 2.75. The van der Waals surface area contributed by atoms with Crippen molar-refractivity contribution in [3.05, 3.63) is 35.1 Å². The van der Waals surface area contributed by atoms with Gasteiger partial charge in [0.25, 0.3) is 0 Å². The monoisotopic (exact) mass is 279 g/mol. The maximum absolute atomic E-state index is 13.5. The summed E-state index contributed by atoms with van der Waals surface area (Å²) in [5.74, 6) is -0.125. The minimum absolute atomic E-state index is 0.125. The van der Waals surface area contributed by atoms with Gasteiger partial charge in [-0.3, -0.25) is 0 Å². The Morgan fingerprint density at radius 1 is 1.00 bits per heavy atom. The molecule has 2 heteroatoms. The Kier molecular flexibility index (Phi) is 8.52. The Labute approximate surface area is 124 Å². The van der Waals surface area contributed by atoms with Crippen molar-refractivity contribution < 1.29 is 4.39 Å². The lowest BCUT2D eigenvalue weighted by Gasteiger charge is -2.17. The number of hydrogen-bond donors (Lipinski definition) is 1. The van der Waals surface area contributed by atoms with Crippen molar-refractivity contribution in [3.8, 4) is 0 Å². The fourth-order valence-electron chi connectivity index (χ4n) is 2.75. The molecule has 0 bridgehead atoms. The highest BCUT2D eigenvalue weighted by Gasteiger charge is 2.10. The second kappa shape index (κ2) is 9.93. The maximum atomic E-state index is 13.5. The van der Waals surface area contributed by atoms with Gasteiger partial charge in [-0.25, -0.2) is 4.39 Å². The predicted molar refractivity (Wildman–Crippen MR) is 85.5 cm³/mol. The van der Waals surface area contributed by atoms with Crippen molar-refractivity contribution >= 4 is 0 Å². The van der Waals surface area contributed by atoms with E-state index in [2.05, 4.69) is 18.3 Å². The van der Waals surface area contributed by atoms with Crippen LogP contribution in [0.5, 0.6) is 0 Å². The number of hydrogen-bond acceptors (Lipinski definition) is 1. The minimum Gasteiger partial charge on any atom is -0.313 e. The molecule has 1 unspecified atom stereocenters. The van der Waals surface area contributed by atoms with Crippen molar-refractivity contribution in [1.82, 2.24) is 5.32 Å². The number of halogens is 1. The van der Waals surface area contributed by atoms with E-state index in [-0.39, 0.29) is 11.9 Å². The number of benzene rings is 1. The molecule has 114 valence electrons. The third-order valence-corrected chi connectivity index (χ3v) is 3.91. The summed E-state index contributed by atoms with van der Waals surface area (Å²) >= 11 is 0. The molecular weight excluding hydrogens is 249 g/mol. The lowest BCUT2D eigenvalue weighted by atomic mass is 9.98. The minimum atomic E-state index is -0.125. The molecule has 0 saturated carbocycles. The van der Waals surface area contributed by atoms with Crippen LogP contribution in [0.25, 0.3) is 0 Å². The average molecular weight is 279 g/mol. The molecule has 0 spiro atoms. The average Bonchev–Trinajstić information content (AvgIpc) is 2.41. The van der Waals surface area contributed by atoms with Crippen molar-refractivity contribution in [2.75, 3.05) is 7.05 Å². The summed E-state index contributed by atoms with van der Waals surface area (Å²) < 4.78 is 13.5. The SMILES string of the molecule is CCCCCCCCCC(NC)c1cc(C)cc(F)c1. The van der Waals surface area contributed by atoms with Crippen molar-refractivity contribution in [2.45, 2.75) is 71.3 Å². The summed E-state index contributed by atoms with van der Waals surface area (Å²) in [6.07, 6.45) is 10.3. The molecule has 1 atom stereocenters. The number of unbranched alkanes of at least 4 members (excludes halogenated alkanes) is 6. The third kappa shape index (κ3) is 6.51. The van der Waals surface area contributed by atoms with Crippen molar-refractivity contribution in [3.63, 3.8) is 0 Å². The molecule has 20 heavy (non-hydrogen) atoms. The van der Waals surface area contributed by atoms with Crippen LogP contribution in [0.15, 0.2) is 18.2 Å². The molecule has 1 nitrogen and oxygen atoms in total. The normalized spacial score (nSPS) is 12.6. The van der Waals surface area contributed by atoms with Gasteiger partial charge < -0.3 is 5.32 Å². The Bertz CT molecular complexity index is 355. The Morgan fingerprint density at radius 3 is 2.25 bits per heavy atom. The third-order valence-electron chi connectivity index (χ3n) is 3.91. The van der Waals surface area contributed by atoms with Gasteiger partial charge in [0.2, 0.25) is 0 Å². The Morgan fingerprint density at radius 2 is 1.65 bits per heavy atom. The zero-order valence-electron chi connectivity index (χ0n) is 13.3. The summed E-state index contributed by atoms with van der Waals surface area (Å²) in [5, 5.41) is 3.32. The van der Waals surface area contributed by atoms with E-state index in [0.717, 1.165) is 17.5 Å². The van der Waals surface area contributed by atoms with Gasteiger partial charge in [-0.2, -0.15) is 0 Å². The van der Waals surface area contributed by atoms with Crippen LogP contribution in [0.4, 0.5) is 4.39 Å². The van der Waals surface area contributed by atoms with E-state index in [4.69, 9.17) is 0 Å². The molecule has 1 aromatic carbocycles. The van der Waals surface area contributed by atoms with E-state index in [1.807, 2.05) is 14.0 Å². The second-order valence-electron chi connectivity index (χ2n) is 5.81. The highest BCUT2D eigenvalue weighted by molar-refractivity contribution is 5.26. The maximum Gasteiger partial charge on any atom is 0.123 e. The zero-order chi connectivity index (χ0) is 14.8. The van der Waals surface area contributed by atoms with Crippen molar-refractivity contribution in [1.29, 1.82) is 0 Å². The predicted octanol–water partition coefficient (Wildman–Crippen LogP) is 5.54. The van der Waals surface area contributed by atoms with Gasteiger partial charge in [0.1, 0.15) is 5.82 Å². The van der Waals surface area contributed by atoms with Crippen LogP contribution >= 0.6 is 0 Å². The topological polar surface area (TPSA) is 12.0 Å². The van der Waals surface area contributed by atoms with Gasteiger partial charge in [0.05, 0.1) is 0 Å². The lowest BCUT2D eigenvalue weighted by Crippen LogP contribution is -2.16. The molecule has 0 amide bonds. The van der Waals surface area contributed by atoms with E-state index in [9.17, 15) is 4.39 Å². The molecular formula is C18H30FN. The molecule has 0 fully saturated rings. The van der Waals surface area contributed by atoms with E-state index < -0.39 is 0 Å². The van der Waals surface area contributed by atoms with Crippen LogP contribution < -0.4 is 5.32 Å². The van der Waals surface area contributed by atoms with Gasteiger partial charge >= 0.3 is 0 Å². The molecule has 0 saturated heterocycles. The van der Waals surface area contributed by atoms with Crippen LogP contribution in [-0.4, -0.2) is 7.05 Å². The molecule has 0 aliphatic carbocycles. The van der Waals surface area contributed by atoms with Crippen LogP contribution in [0.1, 0.15) is 75.5 Å². The van der Waals surface area contributed by atoms with Crippen molar-refractivity contribution in [2.24, 2.45) is 0 Å². The van der Waals surface area contributed by atoms with E-state index in [0.29, 0.717) is 0 Å². The van der Waals surface area contributed by atoms with Gasteiger partial charge in [-0.05, 0) is 43.7 Å². The first kappa shape index (κ1) is 17.2. The van der Waals surface area contributed by atoms with Gasteiger partial charge in [-0.1, -0.05) is 57.9 Å². The fraction of sp³-hybridized carbons (Fsp3) is 0.667. The molecule has 1 N–H and O–H groups in total. The Balaban J connectivity index is 2.32. The molecule has 0 aromatic heterocycles. The largest absolute Gasteiger partial charge is 0.313 e. The number of aryl methyl sites for hydroxylation is 1. The lowest BCUT2D eigenvalue weighted by molar-refractivity contribution is 0.493. The first-order valence-corrected chi connectivity index (χ1v) is 8.11. The molecule has 0 radical (unpaired) electrons. The number of nitrogens with one attached hydrogen (secondary N) is 1. The van der Waals surface area contributed by atoms with Crippen LogP contribution in [0.2, 0.25) is 0 Å². The van der Waals surface area contributed by atoms with Gasteiger partial charge in [0, 0.05) is 6.04 Å². The molecule has 1 rings (SSSR count). The Hall–Kier alpha value is -0.890. The van der Waals surface area contributed by atoms with E-state index in [1.54, 1.807) is 12.1 Å². The zero-order valence-corrected chi connectivity index (χ0v) is 13.3. The van der Waals surface area contributed by atoms with Gasteiger partial charge in [0.15, 0.2) is 0 Å². The standard InChI is InChI=1S/C18H30FN/c1-4-5-6-7-8-9-10-11-18(20-3)16-12-15(2)13-17(19)14-16/h12-14,18,20H,4-11H2,1-3H3. The first-order chi connectivity index (χ1) is 9.67. The summed E-state index contributed by atoms with van der Waals surface area (Å²) in [6.45, 7) is 4.20. The summed E-state index contributed by atoms with van der Waals surface area (Å²) in [4.78, 5) is 0. The van der Waals surface area contributed by atoms with Crippen LogP contribution in [0, 0.1) is 12.7 Å².